The van der Waals surface area contributed by atoms with Crippen molar-refractivity contribution in [2.45, 2.75) is 26.7 Å². The average molecular weight is 293 g/mol. The number of carbonyl (C=O) groups is 1. The molecular formula is C14H19N3O2S. The van der Waals surface area contributed by atoms with Crippen LogP contribution in [0.15, 0.2) is 29.4 Å². The third-order valence-electron chi connectivity index (χ3n) is 2.65. The van der Waals surface area contributed by atoms with Crippen molar-refractivity contribution < 1.29 is 9.90 Å². The first-order valence-corrected chi connectivity index (χ1v) is 6.77. The van der Waals surface area contributed by atoms with E-state index in [1.165, 1.54) is 5.56 Å². The van der Waals surface area contributed by atoms with Crippen molar-refractivity contribution in [1.82, 2.24) is 10.7 Å². The highest BCUT2D eigenvalue weighted by Crippen LogP contribution is 2.04. The summed E-state index contributed by atoms with van der Waals surface area (Å²) in [6, 6.07) is 8.05. The van der Waals surface area contributed by atoms with Gasteiger partial charge in [0, 0.05) is 13.0 Å². The number of nitrogens with one attached hydrogen (secondary N) is 2. The lowest BCUT2D eigenvalue weighted by atomic mass is 10.1. The highest BCUT2D eigenvalue weighted by Gasteiger charge is 1.99. The highest BCUT2D eigenvalue weighted by molar-refractivity contribution is 7.80. The lowest BCUT2D eigenvalue weighted by molar-refractivity contribution is -0.137. The van der Waals surface area contributed by atoms with E-state index in [0.717, 1.165) is 11.3 Å². The summed E-state index contributed by atoms with van der Waals surface area (Å²) in [5, 5.41) is 16.0. The van der Waals surface area contributed by atoms with Crippen molar-refractivity contribution in [2.75, 3.05) is 6.54 Å². The van der Waals surface area contributed by atoms with E-state index in [4.69, 9.17) is 17.3 Å². The SMILES string of the molecule is C/C(=N\NC(=S)NCCCC(=O)O)c1ccc(C)cc1. The van der Waals surface area contributed by atoms with Gasteiger partial charge in [-0.25, -0.2) is 0 Å². The summed E-state index contributed by atoms with van der Waals surface area (Å²) >= 11 is 5.05. The summed E-state index contributed by atoms with van der Waals surface area (Å²) in [7, 11) is 0. The maximum Gasteiger partial charge on any atom is 0.303 e. The summed E-state index contributed by atoms with van der Waals surface area (Å²) in [4.78, 5) is 10.3. The van der Waals surface area contributed by atoms with Gasteiger partial charge in [-0.3, -0.25) is 10.2 Å². The van der Waals surface area contributed by atoms with E-state index >= 15 is 0 Å². The standard InChI is InChI=1S/C14H19N3O2S/c1-10-5-7-12(8-6-10)11(2)16-17-14(20)15-9-3-4-13(18)19/h5-8H,3-4,9H2,1-2H3,(H,18,19)(H2,15,17,20)/b16-11+. The number of carboxylic acid groups (broad SMARTS) is 1. The zero-order chi connectivity index (χ0) is 15.0. The van der Waals surface area contributed by atoms with Crippen LogP contribution in [-0.2, 0) is 4.79 Å². The molecule has 0 aliphatic carbocycles. The number of hydrogen-bond acceptors (Lipinski definition) is 3. The number of aliphatic carboxylic acids is 1. The van der Waals surface area contributed by atoms with Crippen LogP contribution in [0.1, 0.15) is 30.9 Å². The highest BCUT2D eigenvalue weighted by atomic mass is 32.1. The van der Waals surface area contributed by atoms with E-state index in [9.17, 15) is 4.79 Å². The molecule has 0 fully saturated rings. The van der Waals surface area contributed by atoms with Crippen molar-refractivity contribution in [3.05, 3.63) is 35.4 Å². The third kappa shape index (κ3) is 6.29. The Labute approximate surface area is 124 Å². The minimum absolute atomic E-state index is 0.126. The molecule has 0 aromatic heterocycles. The van der Waals surface area contributed by atoms with Crippen LogP contribution in [0, 0.1) is 6.92 Å². The molecule has 1 aromatic rings. The van der Waals surface area contributed by atoms with E-state index in [2.05, 4.69) is 15.8 Å². The molecule has 0 atom stereocenters. The molecule has 108 valence electrons. The van der Waals surface area contributed by atoms with E-state index in [1.807, 2.05) is 38.1 Å². The van der Waals surface area contributed by atoms with Gasteiger partial charge in [-0.2, -0.15) is 5.10 Å². The molecule has 3 N–H and O–H groups in total. The maximum atomic E-state index is 10.3. The molecule has 0 spiro atoms. The number of nitrogens with zero attached hydrogens (tertiary/aromatic N) is 1. The first-order chi connectivity index (χ1) is 9.49. The number of hydrogen-bond donors (Lipinski definition) is 3. The Bertz CT molecular complexity index is 498. The van der Waals surface area contributed by atoms with E-state index < -0.39 is 5.97 Å². The molecule has 20 heavy (non-hydrogen) atoms. The topological polar surface area (TPSA) is 73.7 Å². The smallest absolute Gasteiger partial charge is 0.303 e. The molecular weight excluding hydrogens is 274 g/mol. The second-order valence-corrected chi connectivity index (χ2v) is 4.84. The average Bonchev–Trinajstić information content (AvgIpc) is 2.41. The Morgan fingerprint density at radius 3 is 2.60 bits per heavy atom. The normalized spacial score (nSPS) is 11.0. The lowest BCUT2D eigenvalue weighted by Gasteiger charge is -2.07. The van der Waals surface area contributed by atoms with Gasteiger partial charge in [-0.05, 0) is 38.0 Å². The lowest BCUT2D eigenvalue weighted by Crippen LogP contribution is -2.33. The fourth-order valence-electron chi connectivity index (χ4n) is 1.48. The van der Waals surface area contributed by atoms with Gasteiger partial charge in [0.15, 0.2) is 5.11 Å². The van der Waals surface area contributed by atoms with Gasteiger partial charge in [0.25, 0.3) is 0 Å². The minimum Gasteiger partial charge on any atom is -0.481 e. The van der Waals surface area contributed by atoms with Gasteiger partial charge < -0.3 is 10.4 Å². The van der Waals surface area contributed by atoms with Crippen molar-refractivity contribution in [2.24, 2.45) is 5.10 Å². The van der Waals surface area contributed by atoms with Crippen LogP contribution in [0.2, 0.25) is 0 Å². The van der Waals surface area contributed by atoms with Gasteiger partial charge in [-0.15, -0.1) is 0 Å². The van der Waals surface area contributed by atoms with Crippen LogP contribution in [0.5, 0.6) is 0 Å². The molecule has 0 aliphatic heterocycles. The summed E-state index contributed by atoms with van der Waals surface area (Å²) in [5.74, 6) is -0.807. The van der Waals surface area contributed by atoms with E-state index in [0.29, 0.717) is 18.1 Å². The first kappa shape index (κ1) is 16.1. The number of aryl methyl sites for hydroxylation is 1. The van der Waals surface area contributed by atoms with E-state index in [-0.39, 0.29) is 6.42 Å². The fourth-order valence-corrected chi connectivity index (χ4v) is 1.62. The Morgan fingerprint density at radius 2 is 2.00 bits per heavy atom. The number of benzene rings is 1. The molecule has 0 amide bonds. The van der Waals surface area contributed by atoms with Crippen LogP contribution in [0.4, 0.5) is 0 Å². The summed E-state index contributed by atoms with van der Waals surface area (Å²) in [5.41, 5.74) is 5.80. The minimum atomic E-state index is -0.807. The molecule has 0 radical (unpaired) electrons. The molecule has 1 rings (SSSR count). The van der Waals surface area contributed by atoms with Crippen molar-refractivity contribution >= 4 is 29.0 Å². The number of hydrazone groups is 1. The number of rotatable bonds is 6. The number of carboxylic acids is 1. The first-order valence-electron chi connectivity index (χ1n) is 6.36. The molecule has 0 unspecified atom stereocenters. The predicted octanol–water partition coefficient (Wildman–Crippen LogP) is 2.05. The second kappa shape index (κ2) is 8.27. The predicted molar refractivity (Wildman–Crippen MR) is 84.0 cm³/mol. The Morgan fingerprint density at radius 1 is 1.35 bits per heavy atom. The Balaban J connectivity index is 2.36. The molecule has 0 saturated heterocycles. The monoisotopic (exact) mass is 293 g/mol. The number of thiocarbonyl (C=S) groups is 1. The Kier molecular flexibility index (Phi) is 6.66. The van der Waals surface area contributed by atoms with Crippen LogP contribution in [0.3, 0.4) is 0 Å². The molecule has 6 heteroatoms. The van der Waals surface area contributed by atoms with Crippen molar-refractivity contribution in [3.63, 3.8) is 0 Å². The molecule has 0 aliphatic rings. The summed E-state index contributed by atoms with van der Waals surface area (Å²) < 4.78 is 0. The van der Waals surface area contributed by atoms with E-state index in [1.54, 1.807) is 0 Å². The van der Waals surface area contributed by atoms with Gasteiger partial charge in [0.05, 0.1) is 5.71 Å². The van der Waals surface area contributed by atoms with Crippen molar-refractivity contribution in [1.29, 1.82) is 0 Å². The summed E-state index contributed by atoms with van der Waals surface area (Å²) in [6.07, 6.45) is 0.652. The van der Waals surface area contributed by atoms with Crippen LogP contribution < -0.4 is 10.7 Å². The summed E-state index contributed by atoms with van der Waals surface area (Å²) in [6.45, 7) is 4.44. The van der Waals surface area contributed by atoms with Crippen LogP contribution >= 0.6 is 12.2 Å². The molecule has 0 saturated carbocycles. The zero-order valence-electron chi connectivity index (χ0n) is 11.6. The third-order valence-corrected chi connectivity index (χ3v) is 2.88. The van der Waals surface area contributed by atoms with Gasteiger partial charge >= 0.3 is 5.97 Å². The van der Waals surface area contributed by atoms with Crippen molar-refractivity contribution in [3.8, 4) is 0 Å². The molecule has 1 aromatic carbocycles. The molecule has 5 nitrogen and oxygen atoms in total. The van der Waals surface area contributed by atoms with Gasteiger partial charge in [0.2, 0.25) is 0 Å². The zero-order valence-corrected chi connectivity index (χ0v) is 12.5. The quantitative estimate of drug-likeness (QED) is 0.324. The second-order valence-electron chi connectivity index (χ2n) is 4.43. The Hall–Kier alpha value is -1.95. The largest absolute Gasteiger partial charge is 0.481 e. The fraction of sp³-hybridized carbons (Fsp3) is 0.357. The van der Waals surface area contributed by atoms with Crippen LogP contribution in [-0.4, -0.2) is 28.4 Å². The van der Waals surface area contributed by atoms with Gasteiger partial charge in [0.1, 0.15) is 0 Å². The van der Waals surface area contributed by atoms with Gasteiger partial charge in [-0.1, -0.05) is 29.8 Å². The maximum absolute atomic E-state index is 10.3. The molecule has 0 heterocycles. The van der Waals surface area contributed by atoms with Crippen LogP contribution in [0.25, 0.3) is 0 Å². The molecule has 0 bridgehead atoms.